The third kappa shape index (κ3) is 0.944. The first-order valence-corrected chi connectivity index (χ1v) is 4.02. The van der Waals surface area contributed by atoms with Gasteiger partial charge in [0.2, 0.25) is 0 Å². The molecular weight excluding hydrogens is 146 g/mol. The molecule has 60 valence electrons. The van der Waals surface area contributed by atoms with Crippen LogP contribution in [-0.4, -0.2) is 0 Å². The first kappa shape index (κ1) is 7.17. The number of nitrogens with two attached hydrogens (primary N) is 1. The number of rotatable bonds is 1. The average molecular weight is 157 g/mol. The van der Waals surface area contributed by atoms with Gasteiger partial charge in [0.1, 0.15) is 0 Å². The molecule has 1 aliphatic rings. The van der Waals surface area contributed by atoms with Gasteiger partial charge in [-0.2, -0.15) is 0 Å². The van der Waals surface area contributed by atoms with Crippen LogP contribution in [0.4, 0.5) is 0 Å². The quantitative estimate of drug-likeness (QED) is 0.663. The van der Waals surface area contributed by atoms with Gasteiger partial charge in [0.05, 0.1) is 0 Å². The highest BCUT2D eigenvalue weighted by Gasteiger charge is 2.12. The highest BCUT2D eigenvalue weighted by atomic mass is 14.6. The van der Waals surface area contributed by atoms with Crippen LogP contribution >= 0.6 is 0 Å². The van der Waals surface area contributed by atoms with Crippen molar-refractivity contribution < 1.29 is 0 Å². The molecule has 1 aliphatic carbocycles. The van der Waals surface area contributed by atoms with Gasteiger partial charge in [-0.1, -0.05) is 36.9 Å². The Kier molecular flexibility index (Phi) is 1.51. The highest BCUT2D eigenvalue weighted by molar-refractivity contribution is 5.82. The summed E-state index contributed by atoms with van der Waals surface area (Å²) < 4.78 is 0. The lowest BCUT2D eigenvalue weighted by atomic mass is 10.0. The van der Waals surface area contributed by atoms with Crippen LogP contribution in [0.1, 0.15) is 11.1 Å². The predicted molar refractivity (Wildman–Crippen MR) is 51.5 cm³/mol. The summed E-state index contributed by atoms with van der Waals surface area (Å²) in [5.74, 6) is 0. The first-order valence-electron chi connectivity index (χ1n) is 4.02. The number of hydrogen-bond acceptors (Lipinski definition) is 1. The summed E-state index contributed by atoms with van der Waals surface area (Å²) in [6.45, 7) is 3.75. The lowest BCUT2D eigenvalue weighted by Crippen LogP contribution is -1.96. The summed E-state index contributed by atoms with van der Waals surface area (Å²) in [6, 6.07) is 8.30. The Balaban J connectivity index is 2.52. The molecule has 0 saturated heterocycles. The van der Waals surface area contributed by atoms with Crippen LogP contribution in [0, 0.1) is 0 Å². The van der Waals surface area contributed by atoms with E-state index in [1.54, 1.807) is 0 Å². The minimum absolute atomic E-state index is 0.667. The first-order chi connectivity index (χ1) is 5.79. The normalized spacial score (nSPS) is 13.8. The van der Waals surface area contributed by atoms with E-state index >= 15 is 0 Å². The summed E-state index contributed by atoms with van der Waals surface area (Å²) >= 11 is 0. The van der Waals surface area contributed by atoms with Crippen molar-refractivity contribution in [2.24, 2.45) is 5.73 Å². The van der Waals surface area contributed by atoms with E-state index in [2.05, 4.69) is 30.9 Å². The highest BCUT2D eigenvalue weighted by Crippen LogP contribution is 2.29. The molecule has 0 atom stereocenters. The number of allylic oxidation sites excluding steroid dienone is 2. The van der Waals surface area contributed by atoms with E-state index in [0.29, 0.717) is 5.70 Å². The molecule has 0 aromatic heterocycles. The van der Waals surface area contributed by atoms with Gasteiger partial charge in [-0.05, 0) is 17.5 Å². The van der Waals surface area contributed by atoms with E-state index in [0.717, 1.165) is 12.0 Å². The van der Waals surface area contributed by atoms with Crippen LogP contribution in [0.2, 0.25) is 0 Å². The number of fused-ring (bicyclic) bond motifs is 1. The van der Waals surface area contributed by atoms with E-state index < -0.39 is 0 Å². The molecule has 1 nitrogen and oxygen atoms in total. The standard InChI is InChI=1S/C11H11N/c1-8(12)10-7-6-9-4-2-3-5-11(9)10/h2-5,7H,1,6,12H2. The van der Waals surface area contributed by atoms with Crippen molar-refractivity contribution in [2.45, 2.75) is 6.42 Å². The fraction of sp³-hybridized carbons (Fsp3) is 0.0909. The molecule has 2 N–H and O–H groups in total. The largest absolute Gasteiger partial charge is 0.399 e. The molecule has 0 radical (unpaired) electrons. The van der Waals surface area contributed by atoms with Crippen molar-refractivity contribution in [1.29, 1.82) is 0 Å². The molecule has 12 heavy (non-hydrogen) atoms. The summed E-state index contributed by atoms with van der Waals surface area (Å²) in [5, 5.41) is 0. The minimum atomic E-state index is 0.667. The van der Waals surface area contributed by atoms with E-state index in [-0.39, 0.29) is 0 Å². The maximum Gasteiger partial charge on any atom is 0.0317 e. The zero-order valence-electron chi connectivity index (χ0n) is 6.88. The summed E-state index contributed by atoms with van der Waals surface area (Å²) in [6.07, 6.45) is 3.12. The average Bonchev–Trinajstić information content (AvgIpc) is 2.47. The van der Waals surface area contributed by atoms with Gasteiger partial charge in [0.15, 0.2) is 0 Å². The monoisotopic (exact) mass is 157 g/mol. The van der Waals surface area contributed by atoms with Gasteiger partial charge in [-0.15, -0.1) is 0 Å². The van der Waals surface area contributed by atoms with Crippen LogP contribution in [-0.2, 0) is 6.42 Å². The topological polar surface area (TPSA) is 26.0 Å². The zero-order valence-corrected chi connectivity index (χ0v) is 6.88. The molecule has 0 bridgehead atoms. The molecule has 0 aliphatic heterocycles. The van der Waals surface area contributed by atoms with Gasteiger partial charge >= 0.3 is 0 Å². The van der Waals surface area contributed by atoms with E-state index in [9.17, 15) is 0 Å². The fourth-order valence-corrected chi connectivity index (χ4v) is 1.59. The molecule has 0 unspecified atom stereocenters. The van der Waals surface area contributed by atoms with Crippen LogP contribution in [0.3, 0.4) is 0 Å². The van der Waals surface area contributed by atoms with Crippen LogP contribution in [0.25, 0.3) is 5.57 Å². The predicted octanol–water partition coefficient (Wildman–Crippen LogP) is 2.10. The molecule has 2 rings (SSSR count). The lowest BCUT2D eigenvalue weighted by Gasteiger charge is -2.03. The summed E-state index contributed by atoms with van der Waals surface area (Å²) in [4.78, 5) is 0. The molecule has 0 heterocycles. The third-order valence-electron chi connectivity index (χ3n) is 2.18. The molecule has 0 spiro atoms. The Labute approximate surface area is 72.2 Å². The molecule has 0 fully saturated rings. The smallest absolute Gasteiger partial charge is 0.0317 e. The van der Waals surface area contributed by atoms with Gasteiger partial charge in [0.25, 0.3) is 0 Å². The van der Waals surface area contributed by atoms with Crippen LogP contribution in [0.15, 0.2) is 42.6 Å². The van der Waals surface area contributed by atoms with Crippen LogP contribution in [0.5, 0.6) is 0 Å². The van der Waals surface area contributed by atoms with E-state index in [1.165, 1.54) is 11.1 Å². The van der Waals surface area contributed by atoms with Gasteiger partial charge in [-0.25, -0.2) is 0 Å². The Bertz CT molecular complexity index is 361. The molecular formula is C11H11N. The van der Waals surface area contributed by atoms with Crippen molar-refractivity contribution in [3.63, 3.8) is 0 Å². The minimum Gasteiger partial charge on any atom is -0.399 e. The lowest BCUT2D eigenvalue weighted by molar-refractivity contribution is 1.31. The molecule has 1 aromatic rings. The second-order valence-electron chi connectivity index (χ2n) is 3.00. The molecule has 0 amide bonds. The van der Waals surface area contributed by atoms with Gasteiger partial charge in [-0.3, -0.25) is 0 Å². The second-order valence-corrected chi connectivity index (χ2v) is 3.00. The molecule has 1 heteroatoms. The SMILES string of the molecule is C=C(N)C1=CCc2ccccc21. The summed E-state index contributed by atoms with van der Waals surface area (Å²) in [7, 11) is 0. The van der Waals surface area contributed by atoms with Crippen molar-refractivity contribution in [3.8, 4) is 0 Å². The number of benzene rings is 1. The Morgan fingerprint density at radius 2 is 2.08 bits per heavy atom. The maximum atomic E-state index is 5.65. The van der Waals surface area contributed by atoms with E-state index in [1.807, 2.05) is 6.07 Å². The summed E-state index contributed by atoms with van der Waals surface area (Å²) in [5.41, 5.74) is 10.0. The van der Waals surface area contributed by atoms with Gasteiger partial charge < -0.3 is 5.73 Å². The number of hydrogen-bond donors (Lipinski definition) is 1. The second kappa shape index (κ2) is 2.52. The van der Waals surface area contributed by atoms with Crippen molar-refractivity contribution in [3.05, 3.63) is 53.7 Å². The van der Waals surface area contributed by atoms with Crippen molar-refractivity contribution in [1.82, 2.24) is 0 Å². The van der Waals surface area contributed by atoms with Gasteiger partial charge in [0, 0.05) is 11.3 Å². The fourth-order valence-electron chi connectivity index (χ4n) is 1.59. The Morgan fingerprint density at radius 3 is 2.83 bits per heavy atom. The van der Waals surface area contributed by atoms with E-state index in [4.69, 9.17) is 5.73 Å². The van der Waals surface area contributed by atoms with Crippen LogP contribution < -0.4 is 5.73 Å². The maximum absolute atomic E-state index is 5.65. The Hall–Kier alpha value is -1.50. The molecule has 0 saturated carbocycles. The zero-order chi connectivity index (χ0) is 8.55. The molecule has 1 aromatic carbocycles. The Morgan fingerprint density at radius 1 is 1.33 bits per heavy atom. The van der Waals surface area contributed by atoms with Crippen molar-refractivity contribution in [2.75, 3.05) is 0 Å². The third-order valence-corrected chi connectivity index (χ3v) is 2.18. The van der Waals surface area contributed by atoms with Crippen molar-refractivity contribution >= 4 is 5.57 Å².